The second kappa shape index (κ2) is 5.03. The Hall–Kier alpha value is -2.25. The summed E-state index contributed by atoms with van der Waals surface area (Å²) >= 11 is 1.43. The van der Waals surface area contributed by atoms with E-state index in [0.29, 0.717) is 0 Å². The van der Waals surface area contributed by atoms with Gasteiger partial charge in [-0.1, -0.05) is 41.6 Å². The van der Waals surface area contributed by atoms with Crippen LogP contribution in [0.3, 0.4) is 0 Å². The third kappa shape index (κ3) is 2.17. The Morgan fingerprint density at radius 2 is 1.90 bits per heavy atom. The molecular formula is C16H11FN2S. The van der Waals surface area contributed by atoms with E-state index >= 15 is 0 Å². The molecule has 98 valence electrons. The van der Waals surface area contributed by atoms with Crippen molar-refractivity contribution >= 4 is 23.1 Å². The molecule has 0 bridgehead atoms. The number of nitriles is 1. The normalized spacial score (nSPS) is 13.4. The highest BCUT2D eigenvalue weighted by Gasteiger charge is 2.21. The Bertz CT molecular complexity index is 729. The fourth-order valence-corrected chi connectivity index (χ4v) is 3.04. The molecule has 1 heterocycles. The van der Waals surface area contributed by atoms with Crippen molar-refractivity contribution in [3.8, 4) is 6.19 Å². The molecule has 0 fully saturated rings. The van der Waals surface area contributed by atoms with Crippen LogP contribution in [0.5, 0.6) is 0 Å². The van der Waals surface area contributed by atoms with Crippen LogP contribution in [-0.4, -0.2) is 0 Å². The minimum absolute atomic E-state index is 0.290. The predicted octanol–water partition coefficient (Wildman–Crippen LogP) is 4.53. The molecule has 2 aromatic rings. The SMILES string of the molecule is Cc1ccc(C2=CSc3cc(F)ccc3N2C#N)cc1. The predicted molar refractivity (Wildman–Crippen MR) is 79.5 cm³/mol. The average molecular weight is 282 g/mol. The van der Waals surface area contributed by atoms with Crippen LogP contribution in [0, 0.1) is 24.2 Å². The molecule has 0 aliphatic carbocycles. The van der Waals surface area contributed by atoms with Gasteiger partial charge in [0.15, 0.2) is 6.19 Å². The van der Waals surface area contributed by atoms with E-state index in [0.717, 1.165) is 21.8 Å². The van der Waals surface area contributed by atoms with E-state index in [9.17, 15) is 9.65 Å². The van der Waals surface area contributed by atoms with Gasteiger partial charge in [0.25, 0.3) is 0 Å². The van der Waals surface area contributed by atoms with Crippen LogP contribution >= 0.6 is 11.8 Å². The number of benzene rings is 2. The Labute approximate surface area is 121 Å². The highest BCUT2D eigenvalue weighted by Crippen LogP contribution is 2.41. The lowest BCUT2D eigenvalue weighted by molar-refractivity contribution is 0.624. The van der Waals surface area contributed by atoms with Gasteiger partial charge in [0.1, 0.15) is 5.82 Å². The molecule has 0 unspecified atom stereocenters. The van der Waals surface area contributed by atoms with Crippen molar-refractivity contribution in [1.82, 2.24) is 0 Å². The molecule has 0 atom stereocenters. The zero-order valence-electron chi connectivity index (χ0n) is 10.8. The zero-order valence-corrected chi connectivity index (χ0v) is 11.6. The first-order valence-electron chi connectivity index (χ1n) is 6.12. The van der Waals surface area contributed by atoms with Gasteiger partial charge in [-0.25, -0.2) is 9.29 Å². The summed E-state index contributed by atoms with van der Waals surface area (Å²) in [6.45, 7) is 2.02. The summed E-state index contributed by atoms with van der Waals surface area (Å²) in [5.41, 5.74) is 3.68. The second-order valence-electron chi connectivity index (χ2n) is 4.53. The summed E-state index contributed by atoms with van der Waals surface area (Å²) in [4.78, 5) is 2.29. The maximum atomic E-state index is 13.3. The topological polar surface area (TPSA) is 27.0 Å². The molecule has 3 rings (SSSR count). The highest BCUT2D eigenvalue weighted by molar-refractivity contribution is 8.02. The summed E-state index contributed by atoms with van der Waals surface area (Å²) in [5.74, 6) is -0.290. The number of nitrogens with zero attached hydrogens (tertiary/aromatic N) is 2. The first-order valence-corrected chi connectivity index (χ1v) is 7.00. The molecule has 1 aliphatic rings. The fourth-order valence-electron chi connectivity index (χ4n) is 2.10. The second-order valence-corrected chi connectivity index (χ2v) is 5.45. The van der Waals surface area contributed by atoms with Crippen molar-refractivity contribution in [2.24, 2.45) is 0 Å². The lowest BCUT2D eigenvalue weighted by atomic mass is 10.1. The fraction of sp³-hybridized carbons (Fsp3) is 0.0625. The van der Waals surface area contributed by atoms with Gasteiger partial charge in [-0.3, -0.25) is 0 Å². The van der Waals surface area contributed by atoms with Crippen LogP contribution in [0.4, 0.5) is 10.1 Å². The van der Waals surface area contributed by atoms with Gasteiger partial charge in [0.2, 0.25) is 0 Å². The lowest BCUT2D eigenvalue weighted by Crippen LogP contribution is -2.17. The Kier molecular flexibility index (Phi) is 3.21. The molecule has 20 heavy (non-hydrogen) atoms. The Morgan fingerprint density at radius 1 is 1.15 bits per heavy atom. The molecule has 4 heteroatoms. The van der Waals surface area contributed by atoms with Gasteiger partial charge in [0, 0.05) is 10.3 Å². The summed E-state index contributed by atoms with van der Waals surface area (Å²) in [6.07, 6.45) is 2.17. The average Bonchev–Trinajstić information content (AvgIpc) is 2.46. The van der Waals surface area contributed by atoms with Gasteiger partial charge in [-0.15, -0.1) is 0 Å². The minimum atomic E-state index is -0.290. The van der Waals surface area contributed by atoms with Gasteiger partial charge in [-0.2, -0.15) is 5.26 Å². The van der Waals surface area contributed by atoms with Crippen LogP contribution < -0.4 is 4.90 Å². The molecule has 0 amide bonds. The molecule has 0 saturated carbocycles. The number of hydrogen-bond donors (Lipinski definition) is 0. The minimum Gasteiger partial charge on any atom is -0.245 e. The standard InChI is InChI=1S/C16H11FN2S/c1-11-2-4-12(5-3-11)15-9-20-16-8-13(17)6-7-14(16)19(15)10-18/h2-9H,1H3. The quantitative estimate of drug-likeness (QED) is 0.719. The molecule has 0 saturated heterocycles. The van der Waals surface area contributed by atoms with Crippen molar-refractivity contribution in [2.75, 3.05) is 4.90 Å². The van der Waals surface area contributed by atoms with Crippen LogP contribution in [0.25, 0.3) is 5.70 Å². The zero-order chi connectivity index (χ0) is 14.1. The molecule has 2 aromatic carbocycles. The van der Waals surface area contributed by atoms with Crippen LogP contribution in [0.2, 0.25) is 0 Å². The summed E-state index contributed by atoms with van der Waals surface area (Å²) in [6, 6.07) is 12.5. The molecule has 0 N–H and O–H groups in total. The van der Waals surface area contributed by atoms with E-state index in [1.807, 2.05) is 36.6 Å². The van der Waals surface area contributed by atoms with Gasteiger partial charge < -0.3 is 0 Å². The number of hydrogen-bond acceptors (Lipinski definition) is 3. The summed E-state index contributed by atoms with van der Waals surface area (Å²) < 4.78 is 13.3. The number of rotatable bonds is 1. The van der Waals surface area contributed by atoms with Gasteiger partial charge >= 0.3 is 0 Å². The van der Waals surface area contributed by atoms with Crippen molar-refractivity contribution in [2.45, 2.75) is 11.8 Å². The number of anilines is 1. The molecular weight excluding hydrogens is 271 g/mol. The van der Waals surface area contributed by atoms with E-state index in [-0.39, 0.29) is 5.82 Å². The smallest absolute Gasteiger partial charge is 0.189 e. The lowest BCUT2D eigenvalue weighted by Gasteiger charge is -2.25. The maximum absolute atomic E-state index is 13.3. The molecule has 0 spiro atoms. The van der Waals surface area contributed by atoms with E-state index in [1.165, 1.54) is 34.4 Å². The van der Waals surface area contributed by atoms with Gasteiger partial charge in [0.05, 0.1) is 11.4 Å². The Morgan fingerprint density at radius 3 is 2.60 bits per heavy atom. The largest absolute Gasteiger partial charge is 0.245 e. The van der Waals surface area contributed by atoms with E-state index in [2.05, 4.69) is 6.19 Å². The van der Waals surface area contributed by atoms with E-state index in [4.69, 9.17) is 0 Å². The molecule has 2 nitrogen and oxygen atoms in total. The maximum Gasteiger partial charge on any atom is 0.189 e. The number of halogens is 1. The number of fused-ring (bicyclic) bond motifs is 1. The molecule has 0 aromatic heterocycles. The first-order chi connectivity index (χ1) is 9.69. The number of thioether (sulfide) groups is 1. The van der Waals surface area contributed by atoms with Gasteiger partial charge in [-0.05, 0) is 30.7 Å². The summed E-state index contributed by atoms with van der Waals surface area (Å²) in [5, 5.41) is 11.3. The van der Waals surface area contributed by atoms with E-state index in [1.54, 1.807) is 6.07 Å². The van der Waals surface area contributed by atoms with Crippen LogP contribution in [0.15, 0.2) is 52.8 Å². The first kappa shape index (κ1) is 12.8. The molecule has 1 aliphatic heterocycles. The number of aryl methyl sites for hydroxylation is 1. The van der Waals surface area contributed by atoms with Crippen molar-refractivity contribution in [1.29, 1.82) is 5.26 Å². The molecule has 0 radical (unpaired) electrons. The van der Waals surface area contributed by atoms with Crippen LogP contribution in [-0.2, 0) is 0 Å². The Balaban J connectivity index is 2.07. The summed E-state index contributed by atoms with van der Waals surface area (Å²) in [7, 11) is 0. The van der Waals surface area contributed by atoms with Crippen molar-refractivity contribution < 1.29 is 4.39 Å². The third-order valence-corrected chi connectivity index (χ3v) is 4.07. The third-order valence-electron chi connectivity index (χ3n) is 3.15. The van der Waals surface area contributed by atoms with E-state index < -0.39 is 0 Å². The van der Waals surface area contributed by atoms with Crippen LogP contribution in [0.1, 0.15) is 11.1 Å². The highest BCUT2D eigenvalue weighted by atomic mass is 32.2. The van der Waals surface area contributed by atoms with Crippen molar-refractivity contribution in [3.05, 3.63) is 64.8 Å². The monoisotopic (exact) mass is 282 g/mol. The van der Waals surface area contributed by atoms with Crippen molar-refractivity contribution in [3.63, 3.8) is 0 Å².